The Hall–Kier alpha value is -2.41. The number of rotatable bonds is 5. The molecule has 1 N–H and O–H groups in total. The number of hydrogen-bond donors (Lipinski definition) is 1. The van der Waals surface area contributed by atoms with Gasteiger partial charge in [0.2, 0.25) is 5.91 Å². The second kappa shape index (κ2) is 7.65. The van der Waals surface area contributed by atoms with Crippen molar-refractivity contribution in [1.29, 1.82) is 0 Å². The smallest absolute Gasteiger partial charge is 0.308 e. The average Bonchev–Trinajstić information content (AvgIpc) is 3.10. The Kier molecular flexibility index (Phi) is 5.33. The number of carboxylic acids is 1. The molecule has 7 heteroatoms. The van der Waals surface area contributed by atoms with Crippen LogP contribution in [0, 0.1) is 5.92 Å². The van der Waals surface area contributed by atoms with Crippen molar-refractivity contribution in [2.45, 2.75) is 19.3 Å². The molecule has 1 aliphatic heterocycles. The van der Waals surface area contributed by atoms with Gasteiger partial charge in [-0.2, -0.15) is 0 Å². The Bertz CT molecular complexity index is 757. The molecule has 132 valence electrons. The summed E-state index contributed by atoms with van der Waals surface area (Å²) in [5.74, 6) is -0.553. The largest absolute Gasteiger partial charge is 0.497 e. The monoisotopic (exact) mass is 360 g/mol. The van der Waals surface area contributed by atoms with Gasteiger partial charge in [-0.1, -0.05) is 0 Å². The van der Waals surface area contributed by atoms with Crippen molar-refractivity contribution in [3.63, 3.8) is 0 Å². The van der Waals surface area contributed by atoms with Gasteiger partial charge in [-0.05, 0) is 37.1 Å². The molecule has 1 aromatic carbocycles. The number of nitrogens with zero attached hydrogens (tertiary/aromatic N) is 2. The molecule has 2 aromatic rings. The van der Waals surface area contributed by atoms with Crippen LogP contribution in [0.4, 0.5) is 0 Å². The maximum atomic E-state index is 12.4. The molecule has 3 rings (SSSR count). The zero-order valence-corrected chi connectivity index (χ0v) is 14.8. The van der Waals surface area contributed by atoms with E-state index in [-0.39, 0.29) is 12.3 Å². The van der Waals surface area contributed by atoms with Crippen molar-refractivity contribution >= 4 is 23.2 Å². The predicted octanol–water partition coefficient (Wildman–Crippen LogP) is 2.68. The highest BCUT2D eigenvalue weighted by molar-refractivity contribution is 7.13. The number of amides is 1. The van der Waals surface area contributed by atoms with Gasteiger partial charge in [-0.25, -0.2) is 4.98 Å². The van der Waals surface area contributed by atoms with Crippen molar-refractivity contribution in [2.24, 2.45) is 5.92 Å². The van der Waals surface area contributed by atoms with E-state index in [2.05, 4.69) is 4.98 Å². The Morgan fingerprint density at radius 3 is 2.80 bits per heavy atom. The molecule has 0 saturated carbocycles. The second-order valence-corrected chi connectivity index (χ2v) is 6.92. The van der Waals surface area contributed by atoms with Crippen LogP contribution in [-0.4, -0.2) is 47.1 Å². The van der Waals surface area contributed by atoms with Gasteiger partial charge in [0, 0.05) is 24.0 Å². The van der Waals surface area contributed by atoms with Crippen LogP contribution in [0.2, 0.25) is 0 Å². The highest BCUT2D eigenvalue weighted by atomic mass is 32.1. The number of piperidine rings is 1. The number of carbonyl (C=O) groups excluding carboxylic acids is 1. The van der Waals surface area contributed by atoms with Gasteiger partial charge < -0.3 is 14.7 Å². The molecule has 1 aliphatic rings. The quantitative estimate of drug-likeness (QED) is 0.887. The lowest BCUT2D eigenvalue weighted by atomic mass is 9.98. The SMILES string of the molecule is COc1ccc(-c2nc(CC(=O)N3CCC[C@H](C(=O)O)C3)cs2)cc1. The zero-order chi connectivity index (χ0) is 17.8. The van der Waals surface area contributed by atoms with Gasteiger partial charge in [0.15, 0.2) is 0 Å². The lowest BCUT2D eigenvalue weighted by Gasteiger charge is -2.30. The topological polar surface area (TPSA) is 79.7 Å². The minimum Gasteiger partial charge on any atom is -0.497 e. The van der Waals surface area contributed by atoms with Gasteiger partial charge in [0.25, 0.3) is 0 Å². The highest BCUT2D eigenvalue weighted by Gasteiger charge is 2.28. The number of thiazole rings is 1. The van der Waals surface area contributed by atoms with E-state index in [0.717, 1.165) is 28.4 Å². The first-order chi connectivity index (χ1) is 12.1. The third-order valence-corrected chi connectivity index (χ3v) is 5.28. The third kappa shape index (κ3) is 4.17. The van der Waals surface area contributed by atoms with Crippen molar-refractivity contribution < 1.29 is 19.4 Å². The van der Waals surface area contributed by atoms with E-state index in [1.807, 2.05) is 29.6 Å². The van der Waals surface area contributed by atoms with Gasteiger partial charge in [0.1, 0.15) is 10.8 Å². The standard InChI is InChI=1S/C18H20N2O4S/c1-24-15-6-4-12(5-7-15)17-19-14(11-25-17)9-16(21)20-8-2-3-13(10-20)18(22)23/h4-7,11,13H,2-3,8-10H2,1H3,(H,22,23)/t13-/m0/s1. The minimum atomic E-state index is -0.826. The number of carbonyl (C=O) groups is 2. The maximum Gasteiger partial charge on any atom is 0.308 e. The summed E-state index contributed by atoms with van der Waals surface area (Å²) >= 11 is 1.49. The molecule has 0 aliphatic carbocycles. The predicted molar refractivity (Wildman–Crippen MR) is 94.7 cm³/mol. The van der Waals surface area contributed by atoms with Gasteiger partial charge in [-0.3, -0.25) is 9.59 Å². The van der Waals surface area contributed by atoms with Crippen LogP contribution in [0.25, 0.3) is 10.6 Å². The van der Waals surface area contributed by atoms with Crippen LogP contribution >= 0.6 is 11.3 Å². The molecule has 1 amide bonds. The van der Waals surface area contributed by atoms with E-state index in [4.69, 9.17) is 9.84 Å². The summed E-state index contributed by atoms with van der Waals surface area (Å²) in [6.45, 7) is 0.918. The van der Waals surface area contributed by atoms with Crippen molar-refractivity contribution in [1.82, 2.24) is 9.88 Å². The number of aliphatic carboxylic acids is 1. The number of ether oxygens (including phenoxy) is 1. The first kappa shape index (κ1) is 17.4. The van der Waals surface area contributed by atoms with Crippen LogP contribution in [0.3, 0.4) is 0 Å². The molecule has 1 atom stereocenters. The van der Waals surface area contributed by atoms with Gasteiger partial charge in [0.05, 0.1) is 25.1 Å². The zero-order valence-electron chi connectivity index (χ0n) is 14.0. The normalized spacial score (nSPS) is 17.3. The molecule has 6 nitrogen and oxygen atoms in total. The molecule has 1 aromatic heterocycles. The summed E-state index contributed by atoms with van der Waals surface area (Å²) in [6.07, 6.45) is 1.58. The van der Waals surface area contributed by atoms with E-state index in [1.54, 1.807) is 12.0 Å². The van der Waals surface area contributed by atoms with Crippen molar-refractivity contribution in [3.05, 3.63) is 35.3 Å². The van der Waals surface area contributed by atoms with E-state index >= 15 is 0 Å². The molecule has 0 spiro atoms. The summed E-state index contributed by atoms with van der Waals surface area (Å²) < 4.78 is 5.15. The summed E-state index contributed by atoms with van der Waals surface area (Å²) in [6, 6.07) is 7.62. The fourth-order valence-electron chi connectivity index (χ4n) is 2.93. The Labute approximate surface area is 150 Å². The highest BCUT2D eigenvalue weighted by Crippen LogP contribution is 2.26. The molecule has 25 heavy (non-hydrogen) atoms. The summed E-state index contributed by atoms with van der Waals surface area (Å²) in [5.41, 5.74) is 1.70. The maximum absolute atomic E-state index is 12.4. The van der Waals surface area contributed by atoms with Crippen molar-refractivity contribution in [3.8, 4) is 16.3 Å². The van der Waals surface area contributed by atoms with E-state index in [1.165, 1.54) is 11.3 Å². The molecule has 0 bridgehead atoms. The molecule has 1 fully saturated rings. The third-order valence-electron chi connectivity index (χ3n) is 4.34. The fraction of sp³-hybridized carbons (Fsp3) is 0.389. The average molecular weight is 360 g/mol. The van der Waals surface area contributed by atoms with Crippen molar-refractivity contribution in [2.75, 3.05) is 20.2 Å². The van der Waals surface area contributed by atoms with Crippen LogP contribution in [0.1, 0.15) is 18.5 Å². The minimum absolute atomic E-state index is 0.0578. The first-order valence-corrected chi connectivity index (χ1v) is 9.04. The number of carboxylic acid groups (broad SMARTS) is 1. The van der Waals surface area contributed by atoms with Gasteiger partial charge >= 0.3 is 5.97 Å². The Morgan fingerprint density at radius 2 is 2.12 bits per heavy atom. The first-order valence-electron chi connectivity index (χ1n) is 8.16. The Morgan fingerprint density at radius 1 is 1.36 bits per heavy atom. The van der Waals surface area contributed by atoms with Crippen LogP contribution in [0.5, 0.6) is 5.75 Å². The number of methoxy groups -OCH3 is 1. The fourth-order valence-corrected chi connectivity index (χ4v) is 3.75. The number of likely N-dealkylation sites (tertiary alicyclic amines) is 1. The lowest BCUT2D eigenvalue weighted by molar-refractivity contribution is -0.145. The summed E-state index contributed by atoms with van der Waals surface area (Å²) in [4.78, 5) is 29.8. The van der Waals surface area contributed by atoms with Crippen LogP contribution in [0.15, 0.2) is 29.6 Å². The van der Waals surface area contributed by atoms with Crippen LogP contribution in [-0.2, 0) is 16.0 Å². The Balaban J connectivity index is 1.64. The molecular formula is C18H20N2O4S. The van der Waals surface area contributed by atoms with E-state index in [0.29, 0.717) is 19.5 Å². The summed E-state index contributed by atoms with van der Waals surface area (Å²) in [7, 11) is 1.62. The lowest BCUT2D eigenvalue weighted by Crippen LogP contribution is -2.43. The second-order valence-electron chi connectivity index (χ2n) is 6.07. The van der Waals surface area contributed by atoms with Gasteiger partial charge in [-0.15, -0.1) is 11.3 Å². The summed E-state index contributed by atoms with van der Waals surface area (Å²) in [5, 5.41) is 11.9. The van der Waals surface area contributed by atoms with Crippen LogP contribution < -0.4 is 4.74 Å². The number of hydrogen-bond acceptors (Lipinski definition) is 5. The molecular weight excluding hydrogens is 340 g/mol. The molecule has 0 unspecified atom stereocenters. The van der Waals surface area contributed by atoms with E-state index < -0.39 is 11.9 Å². The number of benzene rings is 1. The molecule has 0 radical (unpaired) electrons. The number of aromatic nitrogens is 1. The molecule has 2 heterocycles. The molecule has 1 saturated heterocycles. The van der Waals surface area contributed by atoms with E-state index in [9.17, 15) is 9.59 Å².